The molecule has 102 valence electrons. The number of hydrogen-bond donors (Lipinski definition) is 2. The molecule has 20 heavy (non-hydrogen) atoms. The van der Waals surface area contributed by atoms with Gasteiger partial charge in [0.1, 0.15) is 5.75 Å². The highest BCUT2D eigenvalue weighted by Crippen LogP contribution is 2.18. The monoisotopic (exact) mass is 271 g/mol. The van der Waals surface area contributed by atoms with Crippen molar-refractivity contribution in [3.8, 4) is 5.75 Å². The Kier molecular flexibility index (Phi) is 3.04. The molecule has 0 spiro atoms. The number of hydrogen-bond acceptors (Lipinski definition) is 4. The van der Waals surface area contributed by atoms with Crippen molar-refractivity contribution in [1.29, 1.82) is 0 Å². The number of fused-ring (bicyclic) bond motifs is 1. The first-order valence-corrected chi connectivity index (χ1v) is 6.18. The maximum absolute atomic E-state index is 11.9. The van der Waals surface area contributed by atoms with E-state index in [1.807, 2.05) is 6.07 Å². The third kappa shape index (κ3) is 2.19. The summed E-state index contributed by atoms with van der Waals surface area (Å²) in [5, 5.41) is 18.6. The van der Waals surface area contributed by atoms with Crippen molar-refractivity contribution in [3.63, 3.8) is 0 Å². The first-order valence-electron chi connectivity index (χ1n) is 6.18. The molecule has 0 aliphatic carbocycles. The minimum Gasteiger partial charge on any atom is -0.508 e. The summed E-state index contributed by atoms with van der Waals surface area (Å²) in [6.07, 6.45) is 0. The van der Waals surface area contributed by atoms with E-state index >= 15 is 0 Å². The molecule has 0 fully saturated rings. The van der Waals surface area contributed by atoms with Crippen molar-refractivity contribution in [2.45, 2.75) is 13.2 Å². The topological polar surface area (TPSA) is 75.6 Å². The number of phenols is 1. The van der Waals surface area contributed by atoms with Gasteiger partial charge in [-0.05, 0) is 35.4 Å². The van der Waals surface area contributed by atoms with Crippen LogP contribution in [0.4, 0.5) is 0 Å². The van der Waals surface area contributed by atoms with E-state index in [4.69, 9.17) is 9.52 Å². The average molecular weight is 271 g/mol. The lowest BCUT2D eigenvalue weighted by atomic mass is 10.2. The average Bonchev–Trinajstić information content (AvgIpc) is 2.74. The maximum Gasteiger partial charge on any atom is 0.420 e. The molecule has 1 heterocycles. The zero-order valence-electron chi connectivity index (χ0n) is 10.6. The molecule has 0 bridgehead atoms. The van der Waals surface area contributed by atoms with Gasteiger partial charge in [-0.15, -0.1) is 0 Å². The Labute approximate surface area is 114 Å². The fraction of sp³-hybridized carbons (Fsp3) is 0.133. The molecule has 0 aliphatic heterocycles. The minimum atomic E-state index is -0.460. The van der Waals surface area contributed by atoms with Crippen LogP contribution >= 0.6 is 0 Å². The molecule has 0 saturated carbocycles. The number of benzene rings is 2. The molecule has 5 nitrogen and oxygen atoms in total. The molecule has 0 aliphatic rings. The fourth-order valence-corrected chi connectivity index (χ4v) is 2.19. The number of aromatic nitrogens is 1. The van der Waals surface area contributed by atoms with E-state index < -0.39 is 5.76 Å². The molecular formula is C15H13NO4. The van der Waals surface area contributed by atoms with Crippen LogP contribution in [0, 0.1) is 0 Å². The van der Waals surface area contributed by atoms with Gasteiger partial charge in [-0.3, -0.25) is 4.57 Å². The second-order valence-electron chi connectivity index (χ2n) is 4.58. The van der Waals surface area contributed by atoms with E-state index in [-0.39, 0.29) is 12.4 Å². The van der Waals surface area contributed by atoms with Crippen molar-refractivity contribution < 1.29 is 14.6 Å². The fourth-order valence-electron chi connectivity index (χ4n) is 2.19. The van der Waals surface area contributed by atoms with Gasteiger partial charge in [0, 0.05) is 0 Å². The van der Waals surface area contributed by atoms with Gasteiger partial charge < -0.3 is 14.6 Å². The Morgan fingerprint density at radius 2 is 1.95 bits per heavy atom. The summed E-state index contributed by atoms with van der Waals surface area (Å²) in [5.41, 5.74) is 2.62. The van der Waals surface area contributed by atoms with Crippen LogP contribution in [0.1, 0.15) is 11.1 Å². The van der Waals surface area contributed by atoms with E-state index in [1.54, 1.807) is 36.4 Å². The molecule has 1 aromatic heterocycles. The second-order valence-corrected chi connectivity index (χ2v) is 4.58. The van der Waals surface area contributed by atoms with Gasteiger partial charge in [0.05, 0.1) is 18.7 Å². The van der Waals surface area contributed by atoms with Crippen LogP contribution in [0.3, 0.4) is 0 Å². The molecule has 2 N–H and O–H groups in total. The van der Waals surface area contributed by atoms with Gasteiger partial charge in [0.15, 0.2) is 5.58 Å². The van der Waals surface area contributed by atoms with Crippen molar-refractivity contribution in [2.24, 2.45) is 0 Å². The van der Waals surface area contributed by atoms with Crippen molar-refractivity contribution in [2.75, 3.05) is 0 Å². The van der Waals surface area contributed by atoms with Crippen LogP contribution in [0.5, 0.6) is 5.75 Å². The van der Waals surface area contributed by atoms with Gasteiger partial charge >= 0.3 is 5.76 Å². The summed E-state index contributed by atoms with van der Waals surface area (Å²) in [6, 6.07) is 11.8. The number of aromatic hydroxyl groups is 1. The number of phenolic OH excluding ortho intramolecular Hbond substituents is 1. The first-order chi connectivity index (χ1) is 9.67. The molecule has 0 amide bonds. The van der Waals surface area contributed by atoms with Crippen LogP contribution in [-0.4, -0.2) is 14.8 Å². The highest BCUT2D eigenvalue weighted by Gasteiger charge is 2.10. The Bertz CT molecular complexity index is 816. The maximum atomic E-state index is 11.9. The van der Waals surface area contributed by atoms with Crippen LogP contribution in [0.2, 0.25) is 0 Å². The second kappa shape index (κ2) is 4.86. The molecule has 0 radical (unpaired) electrons. The van der Waals surface area contributed by atoms with Crippen LogP contribution in [-0.2, 0) is 13.2 Å². The highest BCUT2D eigenvalue weighted by molar-refractivity contribution is 5.73. The number of aliphatic hydroxyl groups excluding tert-OH is 1. The Morgan fingerprint density at radius 1 is 1.10 bits per heavy atom. The standard InChI is InChI=1S/C15H13NO4/c17-9-11-4-5-14-13(7-11)16(15(19)20-14)8-10-2-1-3-12(18)6-10/h1-7,17-18H,8-9H2. The van der Waals surface area contributed by atoms with Gasteiger partial charge in [-0.25, -0.2) is 4.79 Å². The minimum absolute atomic E-state index is 0.0958. The molecule has 0 saturated heterocycles. The summed E-state index contributed by atoms with van der Waals surface area (Å²) in [5.74, 6) is -0.308. The van der Waals surface area contributed by atoms with Crippen molar-refractivity contribution >= 4 is 11.1 Å². The van der Waals surface area contributed by atoms with Crippen molar-refractivity contribution in [3.05, 3.63) is 64.1 Å². The lowest BCUT2D eigenvalue weighted by molar-refractivity contribution is 0.282. The van der Waals surface area contributed by atoms with Gasteiger partial charge in [0.2, 0.25) is 0 Å². The van der Waals surface area contributed by atoms with Crippen LogP contribution < -0.4 is 5.76 Å². The summed E-state index contributed by atoms with van der Waals surface area (Å²) in [6.45, 7) is 0.205. The number of oxazole rings is 1. The third-order valence-electron chi connectivity index (χ3n) is 3.17. The first kappa shape index (κ1) is 12.5. The van der Waals surface area contributed by atoms with Gasteiger partial charge in [-0.2, -0.15) is 0 Å². The predicted octanol–water partition coefficient (Wildman–Crippen LogP) is 1.84. The van der Waals surface area contributed by atoms with E-state index in [0.717, 1.165) is 5.56 Å². The summed E-state index contributed by atoms with van der Waals surface area (Å²) in [4.78, 5) is 11.9. The zero-order chi connectivity index (χ0) is 14.1. The molecule has 5 heteroatoms. The number of rotatable bonds is 3. The van der Waals surface area contributed by atoms with Crippen molar-refractivity contribution in [1.82, 2.24) is 4.57 Å². The molecule has 3 aromatic rings. The highest BCUT2D eigenvalue weighted by atomic mass is 16.4. The molecule has 2 aromatic carbocycles. The van der Waals surface area contributed by atoms with Gasteiger partial charge in [0.25, 0.3) is 0 Å². The lowest BCUT2D eigenvalue weighted by Crippen LogP contribution is -2.14. The Balaban J connectivity index is 2.10. The van der Waals surface area contributed by atoms with Gasteiger partial charge in [-0.1, -0.05) is 18.2 Å². The third-order valence-corrected chi connectivity index (χ3v) is 3.17. The quantitative estimate of drug-likeness (QED) is 0.762. The smallest absolute Gasteiger partial charge is 0.420 e. The Hall–Kier alpha value is -2.53. The lowest BCUT2D eigenvalue weighted by Gasteiger charge is -2.04. The van der Waals surface area contributed by atoms with Crippen LogP contribution in [0.15, 0.2) is 51.7 Å². The summed E-state index contributed by atoms with van der Waals surface area (Å²) >= 11 is 0. The summed E-state index contributed by atoms with van der Waals surface area (Å²) in [7, 11) is 0. The largest absolute Gasteiger partial charge is 0.508 e. The van der Waals surface area contributed by atoms with Crippen LogP contribution in [0.25, 0.3) is 11.1 Å². The van der Waals surface area contributed by atoms with E-state index in [2.05, 4.69) is 0 Å². The molecular weight excluding hydrogens is 258 g/mol. The summed E-state index contributed by atoms with van der Waals surface area (Å²) < 4.78 is 6.64. The number of aliphatic hydroxyl groups is 1. The molecule has 0 unspecified atom stereocenters. The number of nitrogens with zero attached hydrogens (tertiary/aromatic N) is 1. The molecule has 3 rings (SSSR count). The van der Waals surface area contributed by atoms with E-state index in [1.165, 1.54) is 4.57 Å². The van der Waals surface area contributed by atoms with E-state index in [0.29, 0.717) is 23.2 Å². The predicted molar refractivity (Wildman–Crippen MR) is 73.6 cm³/mol. The van der Waals surface area contributed by atoms with E-state index in [9.17, 15) is 9.90 Å². The normalized spacial score (nSPS) is 11.1. The SMILES string of the molecule is O=c1oc2ccc(CO)cc2n1Cc1cccc(O)c1. The zero-order valence-corrected chi connectivity index (χ0v) is 10.6. The Morgan fingerprint density at radius 3 is 2.70 bits per heavy atom. The molecule has 0 atom stereocenters.